The summed E-state index contributed by atoms with van der Waals surface area (Å²) in [6.07, 6.45) is 3.82. The van der Waals surface area contributed by atoms with Gasteiger partial charge in [-0.05, 0) is 24.5 Å². The van der Waals surface area contributed by atoms with E-state index in [1.54, 1.807) is 0 Å². The molecule has 2 heterocycles. The number of aromatic nitrogens is 1. The van der Waals surface area contributed by atoms with Crippen LogP contribution in [0.2, 0.25) is 0 Å². The van der Waals surface area contributed by atoms with E-state index in [0.29, 0.717) is 18.4 Å². The Balaban J connectivity index is 2.41. The summed E-state index contributed by atoms with van der Waals surface area (Å²) in [5.74, 6) is -0.917. The monoisotopic (exact) mass is 241 g/mol. The van der Waals surface area contributed by atoms with Gasteiger partial charge in [0.05, 0.1) is 16.6 Å². The number of hydrogen-bond acceptors (Lipinski definition) is 4. The van der Waals surface area contributed by atoms with Crippen LogP contribution in [0.5, 0.6) is 0 Å². The summed E-state index contributed by atoms with van der Waals surface area (Å²) in [5, 5.41) is 8.21. The highest BCUT2D eigenvalue weighted by atomic mass is 32.2. The van der Waals surface area contributed by atoms with E-state index in [9.17, 15) is 13.2 Å². The molecule has 1 aliphatic rings. The first kappa shape index (κ1) is 11.1. The lowest BCUT2D eigenvalue weighted by Gasteiger charge is -2.09. The van der Waals surface area contributed by atoms with Crippen LogP contribution in [0.4, 0.5) is 0 Å². The van der Waals surface area contributed by atoms with Crippen LogP contribution in [-0.4, -0.2) is 30.2 Å². The molecule has 1 unspecified atom stereocenters. The van der Waals surface area contributed by atoms with Gasteiger partial charge < -0.3 is 5.11 Å². The Morgan fingerprint density at radius 1 is 1.44 bits per heavy atom. The van der Waals surface area contributed by atoms with E-state index in [0.717, 1.165) is 0 Å². The minimum atomic E-state index is -3.12. The SMILES string of the molecule is O=C(O)c1cncc(C2CCCS2(=O)=O)c1. The van der Waals surface area contributed by atoms with Crippen molar-refractivity contribution >= 4 is 15.8 Å². The van der Waals surface area contributed by atoms with Crippen molar-refractivity contribution in [1.82, 2.24) is 4.98 Å². The lowest BCUT2D eigenvalue weighted by Crippen LogP contribution is -2.09. The second-order valence-corrected chi connectivity index (χ2v) is 6.11. The highest BCUT2D eigenvalue weighted by molar-refractivity contribution is 7.91. The first-order valence-electron chi connectivity index (χ1n) is 4.90. The largest absolute Gasteiger partial charge is 0.478 e. The van der Waals surface area contributed by atoms with Crippen molar-refractivity contribution < 1.29 is 18.3 Å². The molecule has 6 heteroatoms. The summed E-state index contributed by atoms with van der Waals surface area (Å²) in [4.78, 5) is 14.5. The fraction of sp³-hybridized carbons (Fsp3) is 0.400. The lowest BCUT2D eigenvalue weighted by atomic mass is 10.1. The highest BCUT2D eigenvalue weighted by Crippen LogP contribution is 2.34. The second-order valence-electron chi connectivity index (χ2n) is 3.81. The molecule has 1 fully saturated rings. The summed E-state index contributed by atoms with van der Waals surface area (Å²) in [7, 11) is -3.12. The van der Waals surface area contributed by atoms with Crippen LogP contribution in [0.25, 0.3) is 0 Å². The quantitative estimate of drug-likeness (QED) is 0.835. The predicted molar refractivity (Wildman–Crippen MR) is 57.0 cm³/mol. The van der Waals surface area contributed by atoms with E-state index >= 15 is 0 Å². The van der Waals surface area contributed by atoms with E-state index in [1.807, 2.05) is 0 Å². The minimum Gasteiger partial charge on any atom is -0.478 e. The predicted octanol–water partition coefficient (Wildman–Crippen LogP) is 1.03. The number of nitrogens with zero attached hydrogens (tertiary/aromatic N) is 1. The van der Waals surface area contributed by atoms with Crippen molar-refractivity contribution in [2.75, 3.05) is 5.75 Å². The normalized spacial score (nSPS) is 23.1. The number of sulfone groups is 1. The van der Waals surface area contributed by atoms with Gasteiger partial charge in [0.1, 0.15) is 0 Å². The van der Waals surface area contributed by atoms with Crippen molar-refractivity contribution in [3.63, 3.8) is 0 Å². The van der Waals surface area contributed by atoms with Gasteiger partial charge in [-0.3, -0.25) is 4.98 Å². The standard InChI is InChI=1S/C10H11NO4S/c12-10(13)8-4-7(5-11-6-8)9-2-1-3-16(9,14)15/h4-6,9H,1-3H2,(H,12,13). The Hall–Kier alpha value is -1.43. The average Bonchev–Trinajstić information content (AvgIpc) is 2.58. The average molecular weight is 241 g/mol. The molecule has 0 spiro atoms. The van der Waals surface area contributed by atoms with Crippen LogP contribution < -0.4 is 0 Å². The molecule has 86 valence electrons. The number of aromatic carboxylic acids is 1. The molecule has 0 bridgehead atoms. The van der Waals surface area contributed by atoms with Crippen LogP contribution in [0.1, 0.15) is 34.0 Å². The number of carbonyl (C=O) groups is 1. The fourth-order valence-electron chi connectivity index (χ4n) is 1.92. The number of carboxylic acid groups (broad SMARTS) is 1. The summed E-state index contributed by atoms with van der Waals surface area (Å²) >= 11 is 0. The molecular weight excluding hydrogens is 230 g/mol. The molecule has 1 atom stereocenters. The van der Waals surface area contributed by atoms with E-state index in [1.165, 1.54) is 18.5 Å². The van der Waals surface area contributed by atoms with Crippen LogP contribution in [0, 0.1) is 0 Å². The number of rotatable bonds is 2. The minimum absolute atomic E-state index is 0.0274. The summed E-state index contributed by atoms with van der Waals surface area (Å²) < 4.78 is 23.3. The maximum atomic E-state index is 11.7. The van der Waals surface area contributed by atoms with Gasteiger partial charge >= 0.3 is 5.97 Å². The van der Waals surface area contributed by atoms with Crippen molar-refractivity contribution in [2.45, 2.75) is 18.1 Å². The third-order valence-corrected chi connectivity index (χ3v) is 4.94. The zero-order valence-corrected chi connectivity index (χ0v) is 9.27. The van der Waals surface area contributed by atoms with Gasteiger partial charge in [0.25, 0.3) is 0 Å². The molecule has 0 radical (unpaired) electrons. The zero-order valence-electron chi connectivity index (χ0n) is 8.46. The molecule has 0 aromatic carbocycles. The molecular formula is C10H11NO4S. The van der Waals surface area contributed by atoms with Crippen LogP contribution in [0.3, 0.4) is 0 Å². The van der Waals surface area contributed by atoms with Gasteiger partial charge in [-0.15, -0.1) is 0 Å². The molecule has 0 amide bonds. The maximum absolute atomic E-state index is 11.7. The Bertz CT molecular complexity index is 523. The van der Waals surface area contributed by atoms with Crippen LogP contribution in [0.15, 0.2) is 18.5 Å². The maximum Gasteiger partial charge on any atom is 0.337 e. The lowest BCUT2D eigenvalue weighted by molar-refractivity contribution is 0.0696. The molecule has 1 N–H and O–H groups in total. The Kier molecular flexibility index (Phi) is 2.67. The third-order valence-electron chi connectivity index (χ3n) is 2.71. The summed E-state index contributed by atoms with van der Waals surface area (Å²) in [5.41, 5.74) is 0.511. The van der Waals surface area contributed by atoms with E-state index < -0.39 is 21.1 Å². The van der Waals surface area contributed by atoms with Crippen molar-refractivity contribution in [1.29, 1.82) is 0 Å². The molecule has 1 aromatic rings. The Morgan fingerprint density at radius 2 is 2.19 bits per heavy atom. The molecule has 2 rings (SSSR count). The molecule has 0 saturated carbocycles. The number of carboxylic acids is 1. The molecule has 5 nitrogen and oxygen atoms in total. The smallest absolute Gasteiger partial charge is 0.337 e. The first-order chi connectivity index (χ1) is 7.50. The summed E-state index contributed by atoms with van der Waals surface area (Å²) in [6, 6.07) is 1.39. The van der Waals surface area contributed by atoms with Crippen LogP contribution in [-0.2, 0) is 9.84 Å². The first-order valence-corrected chi connectivity index (χ1v) is 6.62. The van der Waals surface area contributed by atoms with Crippen molar-refractivity contribution in [3.05, 3.63) is 29.6 Å². The molecule has 1 saturated heterocycles. The number of pyridine rings is 1. The molecule has 0 aliphatic carbocycles. The van der Waals surface area contributed by atoms with E-state index in [2.05, 4.69) is 4.98 Å². The summed E-state index contributed by atoms with van der Waals surface area (Å²) in [6.45, 7) is 0. The van der Waals surface area contributed by atoms with Crippen molar-refractivity contribution in [3.8, 4) is 0 Å². The van der Waals surface area contributed by atoms with Gasteiger partial charge in [0, 0.05) is 12.4 Å². The Morgan fingerprint density at radius 3 is 2.75 bits per heavy atom. The molecule has 1 aliphatic heterocycles. The zero-order chi connectivity index (χ0) is 11.8. The second kappa shape index (κ2) is 3.86. The fourth-order valence-corrected chi connectivity index (χ4v) is 3.84. The van der Waals surface area contributed by atoms with Gasteiger partial charge in [-0.2, -0.15) is 0 Å². The van der Waals surface area contributed by atoms with Gasteiger partial charge in [0.15, 0.2) is 9.84 Å². The van der Waals surface area contributed by atoms with Crippen LogP contribution >= 0.6 is 0 Å². The third kappa shape index (κ3) is 1.92. The van der Waals surface area contributed by atoms with Crippen molar-refractivity contribution in [2.24, 2.45) is 0 Å². The number of hydrogen-bond donors (Lipinski definition) is 1. The van der Waals surface area contributed by atoms with Gasteiger partial charge in [0.2, 0.25) is 0 Å². The van der Waals surface area contributed by atoms with E-state index in [4.69, 9.17) is 5.11 Å². The topological polar surface area (TPSA) is 84.3 Å². The highest BCUT2D eigenvalue weighted by Gasteiger charge is 2.33. The molecule has 16 heavy (non-hydrogen) atoms. The van der Waals surface area contributed by atoms with Gasteiger partial charge in [-0.25, -0.2) is 13.2 Å². The van der Waals surface area contributed by atoms with E-state index in [-0.39, 0.29) is 11.3 Å². The molecule has 1 aromatic heterocycles. The van der Waals surface area contributed by atoms with Gasteiger partial charge in [-0.1, -0.05) is 0 Å². The Labute approximate surface area is 93.1 Å².